The van der Waals surface area contributed by atoms with Crippen molar-refractivity contribution in [1.29, 1.82) is 0 Å². The summed E-state index contributed by atoms with van der Waals surface area (Å²) in [4.78, 5) is 38.4. The minimum atomic E-state index is -0.788. The van der Waals surface area contributed by atoms with Gasteiger partial charge < -0.3 is 14.2 Å². The van der Waals surface area contributed by atoms with Crippen LogP contribution >= 0.6 is 0 Å². The number of rotatable bonds is 62. The van der Waals surface area contributed by atoms with Gasteiger partial charge in [0.1, 0.15) is 13.2 Å². The standard InChI is InChI=1S/C70H128O6/c1-4-7-10-13-16-19-22-25-28-30-32-34-35-36-38-39-42-45-48-51-54-57-60-63-69(72)75-66-67(65-74-68(71)62-59-56-53-50-47-44-41-27-24-21-18-15-12-9-6-3)76-70(73)64-61-58-55-52-49-46-43-40-37-33-31-29-26-23-20-17-14-11-8-5-2/h9,12,18,21,27,41,47,50,67H,4-8,10-11,13-17,19-20,22-26,28-40,42-46,48-49,51-66H2,1-3H3/b12-9-,21-18-,41-27-,50-47-. The van der Waals surface area contributed by atoms with Gasteiger partial charge in [0.2, 0.25) is 0 Å². The highest BCUT2D eigenvalue weighted by Crippen LogP contribution is 2.18. The molecule has 0 aromatic carbocycles. The third-order valence-corrected chi connectivity index (χ3v) is 15.1. The van der Waals surface area contributed by atoms with E-state index in [-0.39, 0.29) is 31.1 Å². The SMILES string of the molecule is CC/C=C\C/C=C\C/C=C\C/C=C\CCCCC(=O)OCC(COC(=O)CCCCCCCCCCCCCCCCCCCCCCCCC)OC(=O)CCCCCCCCCCCCCCCCCCCCCC. The molecule has 0 saturated heterocycles. The summed E-state index contributed by atoms with van der Waals surface area (Å²) in [6.45, 7) is 6.56. The van der Waals surface area contributed by atoms with Crippen LogP contribution in [0, 0.1) is 0 Å². The van der Waals surface area contributed by atoms with Crippen LogP contribution in [0.2, 0.25) is 0 Å². The Balaban J connectivity index is 4.31. The van der Waals surface area contributed by atoms with E-state index >= 15 is 0 Å². The lowest BCUT2D eigenvalue weighted by atomic mass is 10.0. The average Bonchev–Trinajstić information content (AvgIpc) is 3.42. The molecule has 6 nitrogen and oxygen atoms in total. The van der Waals surface area contributed by atoms with Gasteiger partial charge in [-0.2, -0.15) is 0 Å². The predicted octanol–water partition coefficient (Wildman–Crippen LogP) is 22.9. The van der Waals surface area contributed by atoms with Gasteiger partial charge >= 0.3 is 17.9 Å². The molecule has 0 fully saturated rings. The van der Waals surface area contributed by atoms with Gasteiger partial charge in [-0.05, 0) is 57.8 Å². The minimum absolute atomic E-state index is 0.0811. The van der Waals surface area contributed by atoms with Crippen LogP contribution in [0.4, 0.5) is 0 Å². The third-order valence-electron chi connectivity index (χ3n) is 15.1. The summed E-state index contributed by atoms with van der Waals surface area (Å²) in [6, 6.07) is 0. The van der Waals surface area contributed by atoms with Crippen molar-refractivity contribution in [3.05, 3.63) is 48.6 Å². The number of hydrogen-bond acceptors (Lipinski definition) is 6. The summed E-state index contributed by atoms with van der Waals surface area (Å²) < 4.78 is 16.9. The van der Waals surface area contributed by atoms with Crippen LogP contribution in [0.15, 0.2) is 48.6 Å². The first-order chi connectivity index (χ1) is 37.5. The zero-order chi connectivity index (χ0) is 55.0. The molecule has 0 saturated carbocycles. The van der Waals surface area contributed by atoms with Crippen molar-refractivity contribution >= 4 is 17.9 Å². The van der Waals surface area contributed by atoms with E-state index in [1.807, 2.05) is 0 Å². The highest BCUT2D eigenvalue weighted by Gasteiger charge is 2.19. The molecule has 0 aromatic rings. The molecule has 76 heavy (non-hydrogen) atoms. The molecule has 1 atom stereocenters. The van der Waals surface area contributed by atoms with Crippen molar-refractivity contribution in [2.75, 3.05) is 13.2 Å². The number of carbonyl (C=O) groups excluding carboxylic acids is 3. The van der Waals surface area contributed by atoms with Crippen LogP contribution in [0.25, 0.3) is 0 Å². The Hall–Kier alpha value is -2.63. The maximum atomic E-state index is 12.9. The maximum absolute atomic E-state index is 12.9. The normalized spacial score (nSPS) is 12.3. The lowest BCUT2D eigenvalue weighted by Gasteiger charge is -2.18. The molecule has 0 aliphatic rings. The Kier molecular flexibility index (Phi) is 62.6. The number of ether oxygens (including phenoxy) is 3. The fraction of sp³-hybridized carbons (Fsp3) is 0.843. The van der Waals surface area contributed by atoms with Gasteiger partial charge in [0.15, 0.2) is 6.10 Å². The minimum Gasteiger partial charge on any atom is -0.462 e. The first-order valence-electron chi connectivity index (χ1n) is 33.6. The van der Waals surface area contributed by atoms with Crippen molar-refractivity contribution in [3.63, 3.8) is 0 Å². The first kappa shape index (κ1) is 73.4. The summed E-state index contributed by atoms with van der Waals surface area (Å²) in [7, 11) is 0. The highest BCUT2D eigenvalue weighted by molar-refractivity contribution is 5.71. The van der Waals surface area contributed by atoms with E-state index in [9.17, 15) is 14.4 Å². The van der Waals surface area contributed by atoms with E-state index in [1.165, 1.54) is 238 Å². The van der Waals surface area contributed by atoms with Gasteiger partial charge in [0, 0.05) is 19.3 Å². The Bertz CT molecular complexity index is 1310. The molecular weight excluding hydrogens is 937 g/mol. The first-order valence-corrected chi connectivity index (χ1v) is 33.6. The van der Waals surface area contributed by atoms with Crippen molar-refractivity contribution in [1.82, 2.24) is 0 Å². The second kappa shape index (κ2) is 64.9. The molecule has 0 heterocycles. The van der Waals surface area contributed by atoms with E-state index < -0.39 is 6.10 Å². The van der Waals surface area contributed by atoms with Gasteiger partial charge in [0.05, 0.1) is 0 Å². The van der Waals surface area contributed by atoms with Crippen LogP contribution in [-0.4, -0.2) is 37.2 Å². The van der Waals surface area contributed by atoms with E-state index in [4.69, 9.17) is 14.2 Å². The molecule has 0 aromatic heterocycles. The molecule has 0 amide bonds. The molecule has 0 radical (unpaired) electrons. The number of hydrogen-bond donors (Lipinski definition) is 0. The zero-order valence-electron chi connectivity index (χ0n) is 51.0. The van der Waals surface area contributed by atoms with Gasteiger partial charge in [-0.25, -0.2) is 0 Å². The maximum Gasteiger partial charge on any atom is 0.306 e. The average molecular weight is 1070 g/mol. The van der Waals surface area contributed by atoms with Crippen LogP contribution in [0.1, 0.15) is 361 Å². The van der Waals surface area contributed by atoms with Gasteiger partial charge in [-0.3, -0.25) is 14.4 Å². The van der Waals surface area contributed by atoms with Gasteiger partial charge in [-0.1, -0.05) is 333 Å². The van der Waals surface area contributed by atoms with Crippen molar-refractivity contribution in [3.8, 4) is 0 Å². The zero-order valence-corrected chi connectivity index (χ0v) is 51.0. The van der Waals surface area contributed by atoms with E-state index in [1.54, 1.807) is 0 Å². The Morgan fingerprint density at radius 2 is 0.513 bits per heavy atom. The predicted molar refractivity (Wildman–Crippen MR) is 330 cm³/mol. The van der Waals surface area contributed by atoms with Crippen molar-refractivity contribution < 1.29 is 28.6 Å². The monoisotopic (exact) mass is 1060 g/mol. The topological polar surface area (TPSA) is 78.9 Å². The molecule has 0 bridgehead atoms. The summed E-state index contributed by atoms with van der Waals surface area (Å²) in [5.74, 6) is -0.898. The van der Waals surface area contributed by atoms with Crippen LogP contribution in [-0.2, 0) is 28.6 Å². The molecular formula is C70H128O6. The highest BCUT2D eigenvalue weighted by atomic mass is 16.6. The van der Waals surface area contributed by atoms with E-state index in [0.717, 1.165) is 83.5 Å². The Morgan fingerprint density at radius 1 is 0.276 bits per heavy atom. The number of carbonyl (C=O) groups is 3. The molecule has 0 rings (SSSR count). The van der Waals surface area contributed by atoms with Crippen LogP contribution in [0.3, 0.4) is 0 Å². The Labute approximate surface area is 473 Å². The molecule has 6 heteroatoms. The molecule has 444 valence electrons. The summed E-state index contributed by atoms with van der Waals surface area (Å²) in [5.41, 5.74) is 0. The summed E-state index contributed by atoms with van der Waals surface area (Å²) in [5, 5.41) is 0. The fourth-order valence-electron chi connectivity index (χ4n) is 10.1. The fourth-order valence-corrected chi connectivity index (χ4v) is 10.1. The quantitative estimate of drug-likeness (QED) is 0.0261. The third kappa shape index (κ3) is 62.2. The molecule has 0 N–H and O–H groups in total. The largest absolute Gasteiger partial charge is 0.462 e. The number of allylic oxidation sites excluding steroid dienone is 8. The second-order valence-corrected chi connectivity index (χ2v) is 22.7. The van der Waals surface area contributed by atoms with Crippen molar-refractivity contribution in [2.24, 2.45) is 0 Å². The number of unbranched alkanes of at least 4 members (excludes halogenated alkanes) is 43. The van der Waals surface area contributed by atoms with E-state index in [0.29, 0.717) is 19.3 Å². The van der Waals surface area contributed by atoms with Gasteiger partial charge in [0.25, 0.3) is 0 Å². The van der Waals surface area contributed by atoms with Crippen LogP contribution < -0.4 is 0 Å². The number of esters is 3. The molecule has 0 aliphatic heterocycles. The lowest BCUT2D eigenvalue weighted by Crippen LogP contribution is -2.30. The molecule has 1 unspecified atom stereocenters. The summed E-state index contributed by atoms with van der Waals surface area (Å²) in [6.07, 6.45) is 81.4. The van der Waals surface area contributed by atoms with Gasteiger partial charge in [-0.15, -0.1) is 0 Å². The smallest absolute Gasteiger partial charge is 0.306 e. The van der Waals surface area contributed by atoms with E-state index in [2.05, 4.69) is 69.4 Å². The molecule has 0 spiro atoms. The van der Waals surface area contributed by atoms with Crippen molar-refractivity contribution in [2.45, 2.75) is 367 Å². The lowest BCUT2D eigenvalue weighted by molar-refractivity contribution is -0.167. The second-order valence-electron chi connectivity index (χ2n) is 22.7. The Morgan fingerprint density at radius 3 is 0.803 bits per heavy atom. The van der Waals surface area contributed by atoms with Crippen LogP contribution in [0.5, 0.6) is 0 Å². The molecule has 0 aliphatic carbocycles. The summed E-state index contributed by atoms with van der Waals surface area (Å²) >= 11 is 0.